The Morgan fingerprint density at radius 3 is 2.31 bits per heavy atom. The molecule has 0 saturated carbocycles. The molecule has 0 radical (unpaired) electrons. The summed E-state index contributed by atoms with van der Waals surface area (Å²) in [6.45, 7) is 1.82. The van der Waals surface area contributed by atoms with Crippen molar-refractivity contribution in [3.63, 3.8) is 0 Å². The van der Waals surface area contributed by atoms with Crippen molar-refractivity contribution in [3.8, 4) is 0 Å². The summed E-state index contributed by atoms with van der Waals surface area (Å²) in [5, 5.41) is 11.3. The SMILES string of the molecule is CCCN(CC(=O)N(Cc1ccc(F)cc1)Cc1coc2ccccc2c1=O)C(=O)c1ccc([N+](=O)[O-])cc1. The van der Waals surface area contributed by atoms with E-state index >= 15 is 0 Å². The van der Waals surface area contributed by atoms with E-state index in [1.165, 1.54) is 52.5 Å². The second-order valence-electron chi connectivity index (χ2n) is 8.99. The number of nitrogens with zero attached hydrogens (tertiary/aromatic N) is 3. The number of rotatable bonds is 10. The minimum atomic E-state index is -0.557. The van der Waals surface area contributed by atoms with Crippen LogP contribution >= 0.6 is 0 Å². The van der Waals surface area contributed by atoms with Gasteiger partial charge in [0, 0.05) is 30.8 Å². The van der Waals surface area contributed by atoms with Gasteiger partial charge in [0.2, 0.25) is 5.91 Å². The molecule has 0 atom stereocenters. The summed E-state index contributed by atoms with van der Waals surface area (Å²) < 4.78 is 19.1. The molecular formula is C29H26FN3O6. The highest BCUT2D eigenvalue weighted by Crippen LogP contribution is 2.17. The molecule has 200 valence electrons. The first-order chi connectivity index (χ1) is 18.8. The van der Waals surface area contributed by atoms with Gasteiger partial charge in [-0.05, 0) is 48.4 Å². The third-order valence-corrected chi connectivity index (χ3v) is 6.18. The second kappa shape index (κ2) is 12.1. The number of non-ortho nitro benzene ring substituents is 1. The molecule has 0 aliphatic heterocycles. The van der Waals surface area contributed by atoms with Crippen molar-refractivity contribution in [3.05, 3.63) is 122 Å². The third kappa shape index (κ3) is 6.53. The van der Waals surface area contributed by atoms with Crippen LogP contribution in [-0.2, 0) is 17.9 Å². The molecule has 10 heteroatoms. The van der Waals surface area contributed by atoms with E-state index in [2.05, 4.69) is 0 Å². The molecule has 0 aliphatic rings. The number of hydrogen-bond donors (Lipinski definition) is 0. The van der Waals surface area contributed by atoms with Crippen LogP contribution in [0.3, 0.4) is 0 Å². The summed E-state index contributed by atoms with van der Waals surface area (Å²) >= 11 is 0. The fourth-order valence-corrected chi connectivity index (χ4v) is 4.17. The molecule has 4 rings (SSSR count). The van der Waals surface area contributed by atoms with Gasteiger partial charge in [0.05, 0.1) is 28.7 Å². The summed E-state index contributed by atoms with van der Waals surface area (Å²) in [4.78, 5) is 53.1. The Hall–Kier alpha value is -4.86. The normalized spacial score (nSPS) is 10.8. The number of benzene rings is 3. The van der Waals surface area contributed by atoms with Gasteiger partial charge in [-0.3, -0.25) is 24.5 Å². The van der Waals surface area contributed by atoms with E-state index in [-0.39, 0.29) is 48.4 Å². The number of amides is 2. The molecule has 0 N–H and O–H groups in total. The first-order valence-electron chi connectivity index (χ1n) is 12.3. The first-order valence-corrected chi connectivity index (χ1v) is 12.3. The maximum atomic E-state index is 13.6. The lowest BCUT2D eigenvalue weighted by Crippen LogP contribution is -2.43. The monoisotopic (exact) mass is 531 g/mol. The molecule has 4 aromatic rings. The van der Waals surface area contributed by atoms with Crippen LogP contribution < -0.4 is 5.43 Å². The van der Waals surface area contributed by atoms with Crippen LogP contribution in [0.25, 0.3) is 11.0 Å². The Bertz CT molecular complexity index is 1550. The topological polar surface area (TPSA) is 114 Å². The zero-order chi connectivity index (χ0) is 27.9. The number of fused-ring (bicyclic) bond motifs is 1. The lowest BCUT2D eigenvalue weighted by molar-refractivity contribution is -0.384. The number of carbonyl (C=O) groups is 2. The molecule has 39 heavy (non-hydrogen) atoms. The highest BCUT2D eigenvalue weighted by molar-refractivity contribution is 5.96. The van der Waals surface area contributed by atoms with Crippen LogP contribution in [0.4, 0.5) is 10.1 Å². The van der Waals surface area contributed by atoms with Crippen LogP contribution in [0.5, 0.6) is 0 Å². The Morgan fingerprint density at radius 1 is 0.949 bits per heavy atom. The number of nitro benzene ring substituents is 1. The fraction of sp³-hybridized carbons (Fsp3) is 0.207. The van der Waals surface area contributed by atoms with Crippen molar-refractivity contribution in [1.29, 1.82) is 0 Å². The molecule has 1 aromatic heterocycles. The summed E-state index contributed by atoms with van der Waals surface area (Å²) in [6.07, 6.45) is 1.89. The van der Waals surface area contributed by atoms with E-state index in [0.717, 1.165) is 0 Å². The van der Waals surface area contributed by atoms with Gasteiger partial charge in [0.15, 0.2) is 5.43 Å². The Balaban J connectivity index is 1.61. The van der Waals surface area contributed by atoms with Crippen molar-refractivity contribution in [2.75, 3.05) is 13.1 Å². The molecule has 1 heterocycles. The molecule has 2 amide bonds. The summed E-state index contributed by atoms with van der Waals surface area (Å²) in [5.41, 5.74) is 1.10. The minimum absolute atomic E-state index is 0.0665. The number of hydrogen-bond acceptors (Lipinski definition) is 6. The van der Waals surface area contributed by atoms with Crippen LogP contribution in [0, 0.1) is 15.9 Å². The molecule has 0 fully saturated rings. The molecule has 0 saturated heterocycles. The highest BCUT2D eigenvalue weighted by atomic mass is 19.1. The molecule has 0 bridgehead atoms. The van der Waals surface area contributed by atoms with E-state index in [0.29, 0.717) is 23.0 Å². The predicted molar refractivity (Wildman–Crippen MR) is 142 cm³/mol. The van der Waals surface area contributed by atoms with Crippen LogP contribution in [0.1, 0.15) is 34.8 Å². The van der Waals surface area contributed by atoms with Crippen molar-refractivity contribution >= 4 is 28.5 Å². The van der Waals surface area contributed by atoms with Crippen molar-refractivity contribution in [1.82, 2.24) is 9.80 Å². The van der Waals surface area contributed by atoms with Gasteiger partial charge in [-0.2, -0.15) is 0 Å². The van der Waals surface area contributed by atoms with Crippen LogP contribution in [0.15, 0.2) is 88.3 Å². The van der Waals surface area contributed by atoms with Crippen molar-refractivity contribution in [2.45, 2.75) is 26.4 Å². The summed E-state index contributed by atoms with van der Waals surface area (Å²) in [5.74, 6) is -1.31. The van der Waals surface area contributed by atoms with E-state index in [9.17, 15) is 28.9 Å². The third-order valence-electron chi connectivity index (χ3n) is 6.18. The van der Waals surface area contributed by atoms with E-state index < -0.39 is 22.6 Å². The lowest BCUT2D eigenvalue weighted by atomic mass is 10.1. The van der Waals surface area contributed by atoms with Crippen molar-refractivity contribution in [2.24, 2.45) is 0 Å². The maximum absolute atomic E-state index is 13.6. The average Bonchev–Trinajstić information content (AvgIpc) is 2.94. The highest BCUT2D eigenvalue weighted by Gasteiger charge is 2.24. The predicted octanol–water partition coefficient (Wildman–Crippen LogP) is 4.92. The molecule has 0 unspecified atom stereocenters. The summed E-state index contributed by atoms with van der Waals surface area (Å²) in [6, 6.07) is 17.6. The Morgan fingerprint density at radius 2 is 1.64 bits per heavy atom. The van der Waals surface area contributed by atoms with Gasteiger partial charge >= 0.3 is 0 Å². The first kappa shape index (κ1) is 27.2. The van der Waals surface area contributed by atoms with Crippen LogP contribution in [-0.4, -0.2) is 39.6 Å². The quantitative estimate of drug-likeness (QED) is 0.212. The second-order valence-corrected chi connectivity index (χ2v) is 8.99. The zero-order valence-electron chi connectivity index (χ0n) is 21.2. The van der Waals surface area contributed by atoms with Gasteiger partial charge in [-0.1, -0.05) is 31.2 Å². The molecular weight excluding hydrogens is 505 g/mol. The Kier molecular flexibility index (Phi) is 8.45. The van der Waals surface area contributed by atoms with E-state index in [1.807, 2.05) is 6.92 Å². The standard InChI is InChI=1S/C29H26FN3O6/c1-2-15-31(29(36)21-9-13-24(14-10-21)33(37)38)18-27(34)32(16-20-7-11-23(30)12-8-20)17-22-19-39-26-6-4-3-5-25(26)28(22)35/h3-14,19H,2,15-18H2,1H3. The van der Waals surface area contributed by atoms with Gasteiger partial charge in [-0.25, -0.2) is 4.39 Å². The van der Waals surface area contributed by atoms with Gasteiger partial charge in [0.1, 0.15) is 17.9 Å². The van der Waals surface area contributed by atoms with E-state index in [4.69, 9.17) is 4.42 Å². The largest absolute Gasteiger partial charge is 0.464 e. The van der Waals surface area contributed by atoms with Gasteiger partial charge < -0.3 is 14.2 Å². The zero-order valence-corrected chi connectivity index (χ0v) is 21.2. The maximum Gasteiger partial charge on any atom is 0.269 e. The molecule has 3 aromatic carbocycles. The number of para-hydroxylation sites is 1. The summed E-state index contributed by atoms with van der Waals surface area (Å²) in [7, 11) is 0. The number of halogens is 1. The van der Waals surface area contributed by atoms with Gasteiger partial charge in [-0.15, -0.1) is 0 Å². The smallest absolute Gasteiger partial charge is 0.269 e. The number of carbonyl (C=O) groups excluding carboxylic acids is 2. The van der Waals surface area contributed by atoms with Gasteiger partial charge in [0.25, 0.3) is 11.6 Å². The fourth-order valence-electron chi connectivity index (χ4n) is 4.17. The minimum Gasteiger partial charge on any atom is -0.464 e. The number of nitro groups is 1. The lowest BCUT2D eigenvalue weighted by Gasteiger charge is -2.27. The van der Waals surface area contributed by atoms with E-state index in [1.54, 1.807) is 36.4 Å². The molecule has 9 nitrogen and oxygen atoms in total. The Labute approximate surface area is 223 Å². The molecule has 0 aliphatic carbocycles. The van der Waals surface area contributed by atoms with Crippen LogP contribution in [0.2, 0.25) is 0 Å². The molecule has 0 spiro atoms. The average molecular weight is 532 g/mol. The van der Waals surface area contributed by atoms with Crippen molar-refractivity contribution < 1.29 is 23.3 Å².